The van der Waals surface area contributed by atoms with E-state index >= 15 is 0 Å². The zero-order chi connectivity index (χ0) is 13.0. The molecule has 5 nitrogen and oxygen atoms in total. The Bertz CT molecular complexity index is 422. The van der Waals surface area contributed by atoms with Crippen molar-refractivity contribution in [1.82, 2.24) is 9.88 Å². The zero-order valence-electron chi connectivity index (χ0n) is 10.8. The van der Waals surface area contributed by atoms with E-state index in [1.54, 1.807) is 19.4 Å². The Hall–Kier alpha value is -1.62. The summed E-state index contributed by atoms with van der Waals surface area (Å²) in [5.74, 6) is 0.685. The number of hydrogen-bond acceptors (Lipinski definition) is 4. The zero-order valence-corrected chi connectivity index (χ0v) is 10.8. The largest absolute Gasteiger partial charge is 0.380 e. The Balaban J connectivity index is 2.14. The van der Waals surface area contributed by atoms with Gasteiger partial charge in [0.2, 0.25) is 0 Å². The Morgan fingerprint density at radius 2 is 2.50 bits per heavy atom. The topological polar surface area (TPSA) is 54.5 Å². The second-order valence-corrected chi connectivity index (χ2v) is 4.33. The molecule has 0 radical (unpaired) electrons. The van der Waals surface area contributed by atoms with Crippen molar-refractivity contribution < 1.29 is 9.53 Å². The molecule has 0 bridgehead atoms. The van der Waals surface area contributed by atoms with Crippen LogP contribution >= 0.6 is 0 Å². The number of pyridine rings is 1. The van der Waals surface area contributed by atoms with Crippen molar-refractivity contribution >= 4 is 11.7 Å². The van der Waals surface area contributed by atoms with E-state index in [1.165, 1.54) is 0 Å². The smallest absolute Gasteiger partial charge is 0.257 e. The summed E-state index contributed by atoms with van der Waals surface area (Å²) in [5, 5.41) is 3.12. The van der Waals surface area contributed by atoms with Gasteiger partial charge in [-0.3, -0.25) is 4.79 Å². The number of likely N-dealkylation sites (tertiary alicyclic amines) is 1. The van der Waals surface area contributed by atoms with Crippen molar-refractivity contribution in [2.45, 2.75) is 19.4 Å². The van der Waals surface area contributed by atoms with E-state index in [0.29, 0.717) is 17.9 Å². The van der Waals surface area contributed by atoms with Crippen LogP contribution in [0.1, 0.15) is 23.7 Å². The molecule has 18 heavy (non-hydrogen) atoms. The minimum absolute atomic E-state index is 0.0265. The van der Waals surface area contributed by atoms with Crippen molar-refractivity contribution in [3.8, 4) is 0 Å². The molecule has 1 saturated heterocycles. The number of amides is 1. The molecule has 0 aliphatic carbocycles. The molecule has 0 spiro atoms. The van der Waals surface area contributed by atoms with Gasteiger partial charge in [0, 0.05) is 32.9 Å². The molecule has 1 aliphatic heterocycles. The van der Waals surface area contributed by atoms with E-state index in [1.807, 2.05) is 17.9 Å². The monoisotopic (exact) mass is 249 g/mol. The molecule has 1 fully saturated rings. The van der Waals surface area contributed by atoms with Crippen LogP contribution in [0.4, 0.5) is 5.82 Å². The number of carbonyl (C=O) groups excluding carboxylic acids is 1. The molecule has 98 valence electrons. The molecule has 1 aromatic heterocycles. The van der Waals surface area contributed by atoms with Crippen LogP contribution in [-0.4, -0.2) is 48.6 Å². The normalized spacial score (nSPS) is 19.0. The summed E-state index contributed by atoms with van der Waals surface area (Å²) in [6.45, 7) is 4.14. The SMILES string of the molecule is CCNc1ncccc1C(=O)N1CCC(OC)C1. The van der Waals surface area contributed by atoms with Gasteiger partial charge in [0.05, 0.1) is 11.7 Å². The van der Waals surface area contributed by atoms with E-state index < -0.39 is 0 Å². The third-order valence-corrected chi connectivity index (χ3v) is 3.15. The number of aromatic nitrogens is 1. The standard InChI is InChI=1S/C13H19N3O2/c1-3-14-12-11(5-4-7-15-12)13(17)16-8-6-10(9-16)18-2/h4-5,7,10H,3,6,8-9H2,1-2H3,(H,14,15). The number of methoxy groups -OCH3 is 1. The Labute approximate surface area is 107 Å². The first-order chi connectivity index (χ1) is 8.76. The fraction of sp³-hybridized carbons (Fsp3) is 0.538. The Morgan fingerprint density at radius 1 is 1.67 bits per heavy atom. The number of ether oxygens (including phenoxy) is 1. The van der Waals surface area contributed by atoms with Crippen molar-refractivity contribution in [3.63, 3.8) is 0 Å². The van der Waals surface area contributed by atoms with Gasteiger partial charge in [0.1, 0.15) is 5.82 Å². The molecular weight excluding hydrogens is 230 g/mol. The highest BCUT2D eigenvalue weighted by atomic mass is 16.5. The highest BCUT2D eigenvalue weighted by molar-refractivity contribution is 5.98. The maximum absolute atomic E-state index is 12.4. The van der Waals surface area contributed by atoms with Crippen LogP contribution in [0.25, 0.3) is 0 Å². The number of hydrogen-bond donors (Lipinski definition) is 1. The van der Waals surface area contributed by atoms with Crippen LogP contribution in [0.2, 0.25) is 0 Å². The summed E-state index contributed by atoms with van der Waals surface area (Å²) in [6.07, 6.45) is 2.75. The summed E-state index contributed by atoms with van der Waals surface area (Å²) in [5.41, 5.74) is 0.635. The number of nitrogens with zero attached hydrogens (tertiary/aromatic N) is 2. The number of anilines is 1. The van der Waals surface area contributed by atoms with Gasteiger partial charge in [0.15, 0.2) is 0 Å². The lowest BCUT2D eigenvalue weighted by atomic mass is 10.2. The summed E-state index contributed by atoms with van der Waals surface area (Å²) in [7, 11) is 1.69. The van der Waals surface area contributed by atoms with Gasteiger partial charge >= 0.3 is 0 Å². The molecule has 1 aliphatic rings. The molecule has 0 aromatic carbocycles. The minimum atomic E-state index is 0.0265. The Kier molecular flexibility index (Phi) is 4.15. The lowest BCUT2D eigenvalue weighted by Crippen LogP contribution is -2.30. The third-order valence-electron chi connectivity index (χ3n) is 3.15. The van der Waals surface area contributed by atoms with Gasteiger partial charge in [-0.25, -0.2) is 4.98 Å². The molecule has 2 heterocycles. The molecule has 0 saturated carbocycles. The van der Waals surface area contributed by atoms with Crippen molar-refractivity contribution in [2.75, 3.05) is 32.1 Å². The molecule has 1 N–H and O–H groups in total. The van der Waals surface area contributed by atoms with E-state index in [2.05, 4.69) is 10.3 Å². The molecule has 1 atom stereocenters. The maximum atomic E-state index is 12.4. The predicted octanol–water partition coefficient (Wildman–Crippen LogP) is 1.37. The van der Waals surface area contributed by atoms with E-state index in [4.69, 9.17) is 4.74 Å². The van der Waals surface area contributed by atoms with Crippen LogP contribution in [0, 0.1) is 0 Å². The molecule has 1 unspecified atom stereocenters. The van der Waals surface area contributed by atoms with E-state index in [0.717, 1.165) is 19.5 Å². The van der Waals surface area contributed by atoms with E-state index in [-0.39, 0.29) is 12.0 Å². The van der Waals surface area contributed by atoms with Crippen molar-refractivity contribution in [1.29, 1.82) is 0 Å². The van der Waals surface area contributed by atoms with Gasteiger partial charge in [-0.2, -0.15) is 0 Å². The molecule has 1 aromatic rings. The average Bonchev–Trinajstić information content (AvgIpc) is 2.88. The molecule has 1 amide bonds. The number of rotatable bonds is 4. The van der Waals surface area contributed by atoms with E-state index in [9.17, 15) is 4.79 Å². The van der Waals surface area contributed by atoms with Crippen LogP contribution in [0.15, 0.2) is 18.3 Å². The number of carbonyl (C=O) groups is 1. The van der Waals surface area contributed by atoms with Crippen molar-refractivity contribution in [2.24, 2.45) is 0 Å². The first-order valence-corrected chi connectivity index (χ1v) is 6.27. The Morgan fingerprint density at radius 3 is 3.17 bits per heavy atom. The molecule has 2 rings (SSSR count). The average molecular weight is 249 g/mol. The maximum Gasteiger partial charge on any atom is 0.257 e. The fourth-order valence-electron chi connectivity index (χ4n) is 2.16. The summed E-state index contributed by atoms with van der Waals surface area (Å²) >= 11 is 0. The third kappa shape index (κ3) is 2.61. The summed E-state index contributed by atoms with van der Waals surface area (Å²) in [4.78, 5) is 18.4. The summed E-state index contributed by atoms with van der Waals surface area (Å²) < 4.78 is 5.28. The van der Waals surface area contributed by atoms with Gasteiger partial charge in [-0.05, 0) is 25.5 Å². The second kappa shape index (κ2) is 5.82. The first kappa shape index (κ1) is 12.8. The van der Waals surface area contributed by atoms with Gasteiger partial charge in [-0.1, -0.05) is 0 Å². The highest BCUT2D eigenvalue weighted by Crippen LogP contribution is 2.19. The van der Waals surface area contributed by atoms with Crippen molar-refractivity contribution in [3.05, 3.63) is 23.9 Å². The lowest BCUT2D eigenvalue weighted by Gasteiger charge is -2.18. The highest BCUT2D eigenvalue weighted by Gasteiger charge is 2.28. The van der Waals surface area contributed by atoms with Crippen LogP contribution < -0.4 is 5.32 Å². The van der Waals surface area contributed by atoms with Crippen LogP contribution in [-0.2, 0) is 4.74 Å². The second-order valence-electron chi connectivity index (χ2n) is 4.33. The predicted molar refractivity (Wildman–Crippen MR) is 69.7 cm³/mol. The van der Waals surface area contributed by atoms with Gasteiger partial charge in [-0.15, -0.1) is 0 Å². The van der Waals surface area contributed by atoms with Gasteiger partial charge < -0.3 is 15.0 Å². The van der Waals surface area contributed by atoms with Crippen LogP contribution in [0.5, 0.6) is 0 Å². The fourth-order valence-corrected chi connectivity index (χ4v) is 2.16. The van der Waals surface area contributed by atoms with Gasteiger partial charge in [0.25, 0.3) is 5.91 Å². The lowest BCUT2D eigenvalue weighted by molar-refractivity contribution is 0.0724. The molecular formula is C13H19N3O2. The molecule has 5 heteroatoms. The number of nitrogens with one attached hydrogen (secondary N) is 1. The quantitative estimate of drug-likeness (QED) is 0.875. The summed E-state index contributed by atoms with van der Waals surface area (Å²) in [6, 6.07) is 3.60. The van der Waals surface area contributed by atoms with Crippen LogP contribution in [0.3, 0.4) is 0 Å². The first-order valence-electron chi connectivity index (χ1n) is 6.27. The minimum Gasteiger partial charge on any atom is -0.380 e.